The Morgan fingerprint density at radius 3 is 2.64 bits per heavy atom. The minimum absolute atomic E-state index is 0.0524. The number of nitrogens with one attached hydrogen (secondary N) is 1. The Morgan fingerprint density at radius 2 is 1.95 bits per heavy atom. The molecular weight excluding hydrogens is 315 g/mol. The van der Waals surface area contributed by atoms with E-state index in [0.717, 1.165) is 28.4 Å². The average molecular weight is 323 g/mol. The second-order valence-corrected chi connectivity index (χ2v) is 5.30. The van der Waals surface area contributed by atoms with Crippen LogP contribution in [0.3, 0.4) is 0 Å². The molecule has 0 spiro atoms. The van der Waals surface area contributed by atoms with E-state index in [1.165, 1.54) is 11.5 Å². The van der Waals surface area contributed by atoms with Gasteiger partial charge in [0, 0.05) is 23.5 Å². The van der Waals surface area contributed by atoms with Crippen LogP contribution in [0.4, 0.5) is 18.9 Å². The van der Waals surface area contributed by atoms with Crippen molar-refractivity contribution in [3.05, 3.63) is 54.0 Å². The molecular formula is C14H8F3N3OS. The van der Waals surface area contributed by atoms with E-state index in [9.17, 15) is 18.0 Å². The van der Waals surface area contributed by atoms with Crippen LogP contribution in [0.25, 0.3) is 10.1 Å². The number of carbonyl (C=O) groups is 1. The molecule has 0 saturated carbocycles. The van der Waals surface area contributed by atoms with Crippen molar-refractivity contribution in [1.29, 1.82) is 0 Å². The average Bonchev–Trinajstić information content (AvgIpc) is 2.94. The standard InChI is InChI=1S/C14H8F3N3OS/c15-14(16,17)12-4-1-8(6-18-12)13(21)20-10-2-3-11-9(5-10)7-19-22-11/h1-7H,(H,20,21). The van der Waals surface area contributed by atoms with Crippen molar-refractivity contribution in [2.45, 2.75) is 6.18 Å². The van der Waals surface area contributed by atoms with E-state index in [-0.39, 0.29) is 5.56 Å². The number of halogens is 3. The first-order valence-electron chi connectivity index (χ1n) is 6.12. The van der Waals surface area contributed by atoms with Gasteiger partial charge < -0.3 is 5.32 Å². The summed E-state index contributed by atoms with van der Waals surface area (Å²) >= 11 is 1.34. The van der Waals surface area contributed by atoms with Crippen LogP contribution in [-0.2, 0) is 6.18 Å². The minimum atomic E-state index is -4.52. The predicted octanol–water partition coefficient (Wildman–Crippen LogP) is 3.96. The number of pyridine rings is 1. The number of amides is 1. The lowest BCUT2D eigenvalue weighted by Crippen LogP contribution is -2.14. The van der Waals surface area contributed by atoms with Crippen LogP contribution in [0.5, 0.6) is 0 Å². The van der Waals surface area contributed by atoms with Gasteiger partial charge in [-0.1, -0.05) is 0 Å². The highest BCUT2D eigenvalue weighted by molar-refractivity contribution is 7.13. The number of fused-ring (bicyclic) bond motifs is 1. The zero-order valence-electron chi connectivity index (χ0n) is 10.9. The maximum Gasteiger partial charge on any atom is 0.433 e. The summed E-state index contributed by atoms with van der Waals surface area (Å²) in [7, 11) is 0. The van der Waals surface area contributed by atoms with E-state index in [0.29, 0.717) is 5.69 Å². The highest BCUT2D eigenvalue weighted by Crippen LogP contribution is 2.27. The number of alkyl halides is 3. The number of carbonyl (C=O) groups excluding carboxylic acids is 1. The number of anilines is 1. The van der Waals surface area contributed by atoms with E-state index < -0.39 is 17.8 Å². The first kappa shape index (κ1) is 14.5. The van der Waals surface area contributed by atoms with Crippen molar-refractivity contribution >= 4 is 33.2 Å². The summed E-state index contributed by atoms with van der Waals surface area (Å²) in [6.07, 6.45) is -1.94. The topological polar surface area (TPSA) is 54.9 Å². The van der Waals surface area contributed by atoms with Gasteiger partial charge in [0.25, 0.3) is 5.91 Å². The van der Waals surface area contributed by atoms with Gasteiger partial charge >= 0.3 is 6.18 Å². The van der Waals surface area contributed by atoms with Crippen LogP contribution in [0.15, 0.2) is 42.7 Å². The fourth-order valence-electron chi connectivity index (χ4n) is 1.85. The molecule has 1 aromatic carbocycles. The Balaban J connectivity index is 1.78. The summed E-state index contributed by atoms with van der Waals surface area (Å²) in [5.41, 5.74) is -0.441. The SMILES string of the molecule is O=C(Nc1ccc2sncc2c1)c1ccc(C(F)(F)F)nc1. The summed E-state index contributed by atoms with van der Waals surface area (Å²) in [4.78, 5) is 15.3. The van der Waals surface area contributed by atoms with Gasteiger partial charge in [-0.2, -0.15) is 17.5 Å². The first-order valence-corrected chi connectivity index (χ1v) is 6.90. The van der Waals surface area contributed by atoms with Gasteiger partial charge in [0.05, 0.1) is 10.3 Å². The van der Waals surface area contributed by atoms with Crippen LogP contribution in [0, 0.1) is 0 Å². The maximum absolute atomic E-state index is 12.4. The summed E-state index contributed by atoms with van der Waals surface area (Å²) < 4.78 is 42.3. The molecule has 8 heteroatoms. The second-order valence-electron chi connectivity index (χ2n) is 4.46. The van der Waals surface area contributed by atoms with Crippen molar-refractivity contribution < 1.29 is 18.0 Å². The highest BCUT2D eigenvalue weighted by Gasteiger charge is 2.32. The third-order valence-corrected chi connectivity index (χ3v) is 3.71. The largest absolute Gasteiger partial charge is 0.433 e. The molecule has 1 N–H and O–H groups in total. The fourth-order valence-corrected chi connectivity index (χ4v) is 2.48. The van der Waals surface area contributed by atoms with Gasteiger partial charge in [-0.05, 0) is 41.9 Å². The molecule has 112 valence electrons. The zero-order valence-corrected chi connectivity index (χ0v) is 11.7. The molecule has 2 heterocycles. The van der Waals surface area contributed by atoms with Crippen LogP contribution >= 0.6 is 11.5 Å². The molecule has 0 atom stereocenters. The lowest BCUT2D eigenvalue weighted by Gasteiger charge is -2.07. The van der Waals surface area contributed by atoms with Gasteiger partial charge in [0.2, 0.25) is 0 Å². The Bertz CT molecular complexity index is 827. The van der Waals surface area contributed by atoms with Crippen LogP contribution in [0.2, 0.25) is 0 Å². The molecule has 4 nitrogen and oxygen atoms in total. The summed E-state index contributed by atoms with van der Waals surface area (Å²) in [6.45, 7) is 0. The minimum Gasteiger partial charge on any atom is -0.322 e. The van der Waals surface area contributed by atoms with E-state index in [2.05, 4.69) is 14.7 Å². The summed E-state index contributed by atoms with van der Waals surface area (Å²) in [6, 6.07) is 7.13. The van der Waals surface area contributed by atoms with Crippen molar-refractivity contribution in [2.75, 3.05) is 5.32 Å². The quantitative estimate of drug-likeness (QED) is 0.776. The van der Waals surface area contributed by atoms with Crippen molar-refractivity contribution in [3.8, 4) is 0 Å². The third kappa shape index (κ3) is 2.91. The molecule has 1 amide bonds. The Morgan fingerprint density at radius 1 is 1.14 bits per heavy atom. The molecule has 0 aliphatic rings. The summed E-state index contributed by atoms with van der Waals surface area (Å²) in [5.74, 6) is -0.524. The predicted molar refractivity (Wildman–Crippen MR) is 76.8 cm³/mol. The van der Waals surface area contributed by atoms with Gasteiger partial charge in [-0.3, -0.25) is 9.78 Å². The molecule has 0 aliphatic heterocycles. The van der Waals surface area contributed by atoms with Crippen molar-refractivity contribution in [1.82, 2.24) is 9.36 Å². The smallest absolute Gasteiger partial charge is 0.322 e. The molecule has 0 bridgehead atoms. The molecule has 22 heavy (non-hydrogen) atoms. The number of aromatic nitrogens is 2. The van der Waals surface area contributed by atoms with Gasteiger partial charge in [0.1, 0.15) is 5.69 Å². The molecule has 2 aromatic heterocycles. The Kier molecular flexibility index (Phi) is 3.53. The number of rotatable bonds is 2. The number of benzene rings is 1. The Hall–Kier alpha value is -2.48. The number of hydrogen-bond acceptors (Lipinski definition) is 4. The number of nitrogens with zero attached hydrogens (tertiary/aromatic N) is 2. The third-order valence-electron chi connectivity index (χ3n) is 2.93. The van der Waals surface area contributed by atoms with E-state index >= 15 is 0 Å². The van der Waals surface area contributed by atoms with E-state index in [1.54, 1.807) is 18.3 Å². The van der Waals surface area contributed by atoms with Crippen molar-refractivity contribution in [2.24, 2.45) is 0 Å². The van der Waals surface area contributed by atoms with Gasteiger partial charge in [-0.25, -0.2) is 0 Å². The van der Waals surface area contributed by atoms with Crippen molar-refractivity contribution in [3.63, 3.8) is 0 Å². The van der Waals surface area contributed by atoms with Gasteiger partial charge in [0.15, 0.2) is 0 Å². The number of hydrogen-bond donors (Lipinski definition) is 1. The monoisotopic (exact) mass is 323 g/mol. The lowest BCUT2D eigenvalue weighted by molar-refractivity contribution is -0.141. The zero-order chi connectivity index (χ0) is 15.7. The maximum atomic E-state index is 12.4. The fraction of sp³-hybridized carbons (Fsp3) is 0.0714. The molecule has 0 saturated heterocycles. The summed E-state index contributed by atoms with van der Waals surface area (Å²) in [5, 5.41) is 3.50. The van der Waals surface area contributed by atoms with Gasteiger partial charge in [-0.15, -0.1) is 0 Å². The normalized spacial score (nSPS) is 11.6. The molecule has 0 fully saturated rings. The van der Waals surface area contributed by atoms with Crippen LogP contribution in [0.1, 0.15) is 16.1 Å². The molecule has 3 rings (SSSR count). The van der Waals surface area contributed by atoms with E-state index in [1.807, 2.05) is 6.07 Å². The molecule has 0 radical (unpaired) electrons. The molecule has 3 aromatic rings. The molecule has 0 unspecified atom stereocenters. The first-order chi connectivity index (χ1) is 10.4. The second kappa shape index (κ2) is 5.38. The molecule has 0 aliphatic carbocycles. The Labute approximate surface area is 126 Å². The van der Waals surface area contributed by atoms with Crippen LogP contribution in [-0.4, -0.2) is 15.3 Å². The van der Waals surface area contributed by atoms with E-state index in [4.69, 9.17) is 0 Å². The highest BCUT2D eigenvalue weighted by atomic mass is 32.1. The van der Waals surface area contributed by atoms with Crippen LogP contribution < -0.4 is 5.32 Å². The lowest BCUT2D eigenvalue weighted by atomic mass is 10.2.